The van der Waals surface area contributed by atoms with Crippen molar-refractivity contribution in [3.63, 3.8) is 0 Å². The third kappa shape index (κ3) is 3.11. The first-order chi connectivity index (χ1) is 14.6. The lowest BCUT2D eigenvalue weighted by molar-refractivity contribution is 0.104. The van der Waals surface area contributed by atoms with Crippen LogP contribution in [0.1, 0.15) is 15.2 Å². The van der Waals surface area contributed by atoms with E-state index in [-0.39, 0.29) is 17.4 Å². The number of carbonyl (C=O) groups excluding carboxylic acids is 1. The highest BCUT2D eigenvalue weighted by Crippen LogP contribution is 2.41. The van der Waals surface area contributed by atoms with Gasteiger partial charge in [0.15, 0.2) is 0 Å². The number of aromatic hydroxyl groups is 1. The molecule has 5 aromatic rings. The van der Waals surface area contributed by atoms with Gasteiger partial charge in [-0.2, -0.15) is 10.1 Å². The second-order valence-electron chi connectivity index (χ2n) is 6.69. The Balaban J connectivity index is 1.67. The van der Waals surface area contributed by atoms with Gasteiger partial charge in [0, 0.05) is 26.8 Å². The predicted molar refractivity (Wildman–Crippen MR) is 115 cm³/mol. The number of hydrogen-bond donors (Lipinski definition) is 2. The third-order valence-electron chi connectivity index (χ3n) is 4.77. The Kier molecular flexibility index (Phi) is 4.30. The van der Waals surface area contributed by atoms with E-state index in [9.17, 15) is 14.7 Å². The van der Waals surface area contributed by atoms with Gasteiger partial charge in [0.25, 0.3) is 5.89 Å². The number of nitrogens with one attached hydrogen (secondary N) is 1. The van der Waals surface area contributed by atoms with E-state index in [1.165, 1.54) is 11.3 Å². The lowest BCUT2D eigenvalue weighted by atomic mass is 9.97. The molecule has 2 N–H and O–H groups in total. The van der Waals surface area contributed by atoms with Crippen LogP contribution in [0.15, 0.2) is 82.1 Å². The van der Waals surface area contributed by atoms with E-state index in [1.54, 1.807) is 36.4 Å². The van der Waals surface area contributed by atoms with Gasteiger partial charge in [0.1, 0.15) is 5.75 Å². The minimum absolute atomic E-state index is 0.0753. The molecular weight excluding hydrogens is 400 g/mol. The molecule has 146 valence electrons. The van der Waals surface area contributed by atoms with Gasteiger partial charge in [0.2, 0.25) is 5.78 Å². The molecule has 0 aliphatic heterocycles. The summed E-state index contributed by atoms with van der Waals surface area (Å²) in [7, 11) is 0. The normalized spacial score (nSPS) is 11.1. The van der Waals surface area contributed by atoms with Crippen molar-refractivity contribution in [2.45, 2.75) is 0 Å². The van der Waals surface area contributed by atoms with Crippen molar-refractivity contribution >= 4 is 27.2 Å². The molecule has 0 amide bonds. The number of aromatic amines is 1. The van der Waals surface area contributed by atoms with Crippen molar-refractivity contribution < 1.29 is 14.4 Å². The standard InChI is InChI=1S/C23H14N2O4S/c26-16-10-11-17-18(12-16)30-21(20(27)14-4-2-1-3-5-14)19(17)13-6-8-15(9-7-13)22-24-23(28)25-29-22/h1-12,26H,(H,25,28). The minimum atomic E-state index is -0.548. The number of aromatic nitrogens is 2. The van der Waals surface area contributed by atoms with Crippen molar-refractivity contribution in [1.82, 2.24) is 10.1 Å². The van der Waals surface area contributed by atoms with E-state index >= 15 is 0 Å². The number of fused-ring (bicyclic) bond motifs is 1. The largest absolute Gasteiger partial charge is 0.508 e. The van der Waals surface area contributed by atoms with Crippen molar-refractivity contribution in [2.75, 3.05) is 0 Å². The summed E-state index contributed by atoms with van der Waals surface area (Å²) in [5, 5.41) is 13.0. The summed E-state index contributed by atoms with van der Waals surface area (Å²) in [4.78, 5) is 28.9. The molecular formula is C23H14N2O4S. The highest BCUT2D eigenvalue weighted by molar-refractivity contribution is 7.21. The Hall–Kier alpha value is -3.97. The lowest BCUT2D eigenvalue weighted by Crippen LogP contribution is -2.00. The number of phenols is 1. The van der Waals surface area contributed by atoms with E-state index < -0.39 is 5.69 Å². The van der Waals surface area contributed by atoms with Gasteiger partial charge in [0.05, 0.1) is 4.88 Å². The zero-order chi connectivity index (χ0) is 20.7. The molecule has 0 atom stereocenters. The van der Waals surface area contributed by atoms with Gasteiger partial charge in [-0.1, -0.05) is 42.5 Å². The van der Waals surface area contributed by atoms with E-state index in [1.807, 2.05) is 36.4 Å². The van der Waals surface area contributed by atoms with Crippen molar-refractivity contribution in [2.24, 2.45) is 0 Å². The van der Waals surface area contributed by atoms with Gasteiger partial charge in [-0.15, -0.1) is 11.3 Å². The van der Waals surface area contributed by atoms with Crippen LogP contribution in [-0.2, 0) is 0 Å². The zero-order valence-corrected chi connectivity index (χ0v) is 16.3. The molecule has 3 aromatic carbocycles. The van der Waals surface area contributed by atoms with Crippen LogP contribution in [0.4, 0.5) is 0 Å². The van der Waals surface area contributed by atoms with Gasteiger partial charge < -0.3 is 9.63 Å². The molecule has 2 heterocycles. The van der Waals surface area contributed by atoms with Crippen LogP contribution in [0.25, 0.3) is 32.7 Å². The number of carbonyl (C=O) groups is 1. The Labute approximate surface area is 174 Å². The Morgan fingerprint density at radius 3 is 2.40 bits per heavy atom. The molecule has 6 nitrogen and oxygen atoms in total. The second-order valence-corrected chi connectivity index (χ2v) is 7.74. The summed E-state index contributed by atoms with van der Waals surface area (Å²) in [5.41, 5.74) is 2.34. The minimum Gasteiger partial charge on any atom is -0.508 e. The van der Waals surface area contributed by atoms with Crippen LogP contribution in [0, 0.1) is 0 Å². The molecule has 0 aliphatic rings. The fourth-order valence-corrected chi connectivity index (χ4v) is 4.61. The Morgan fingerprint density at radius 2 is 1.70 bits per heavy atom. The first kappa shape index (κ1) is 18.1. The number of thiophene rings is 1. The number of nitrogens with zero attached hydrogens (tertiary/aromatic N) is 1. The van der Waals surface area contributed by atoms with Gasteiger partial charge in [-0.05, 0) is 35.9 Å². The first-order valence-corrected chi connectivity index (χ1v) is 9.93. The van der Waals surface area contributed by atoms with Crippen molar-refractivity contribution in [3.05, 3.63) is 93.7 Å². The van der Waals surface area contributed by atoms with Crippen LogP contribution < -0.4 is 5.69 Å². The third-order valence-corrected chi connectivity index (χ3v) is 5.93. The Morgan fingerprint density at radius 1 is 0.967 bits per heavy atom. The highest BCUT2D eigenvalue weighted by atomic mass is 32.1. The predicted octanol–water partition coefficient (Wildman–Crippen LogP) is 4.85. The lowest BCUT2D eigenvalue weighted by Gasteiger charge is -2.06. The molecule has 0 bridgehead atoms. The van der Waals surface area contributed by atoms with E-state index in [4.69, 9.17) is 4.52 Å². The zero-order valence-electron chi connectivity index (χ0n) is 15.5. The number of hydrogen-bond acceptors (Lipinski definition) is 6. The summed E-state index contributed by atoms with van der Waals surface area (Å²) < 4.78 is 5.88. The number of rotatable bonds is 4. The topological polar surface area (TPSA) is 96.2 Å². The molecule has 0 spiro atoms. The molecule has 0 aliphatic carbocycles. The number of ketones is 1. The average Bonchev–Trinajstić information content (AvgIpc) is 3.37. The van der Waals surface area contributed by atoms with Gasteiger partial charge in [-0.25, -0.2) is 4.79 Å². The maximum absolute atomic E-state index is 13.3. The fourth-order valence-electron chi connectivity index (χ4n) is 3.39. The van der Waals surface area contributed by atoms with Crippen LogP contribution in [0.2, 0.25) is 0 Å². The number of benzene rings is 3. The second kappa shape index (κ2) is 7.13. The van der Waals surface area contributed by atoms with Crippen LogP contribution in [0.5, 0.6) is 5.75 Å². The summed E-state index contributed by atoms with van der Waals surface area (Å²) in [5.74, 6) is 0.277. The molecule has 0 unspecified atom stereocenters. The summed E-state index contributed by atoms with van der Waals surface area (Å²) in [6, 6.07) is 21.5. The molecule has 2 aromatic heterocycles. The monoisotopic (exact) mass is 414 g/mol. The maximum Gasteiger partial charge on any atom is 0.377 e. The first-order valence-electron chi connectivity index (χ1n) is 9.12. The highest BCUT2D eigenvalue weighted by Gasteiger charge is 2.21. The summed E-state index contributed by atoms with van der Waals surface area (Å²) in [6.45, 7) is 0. The average molecular weight is 414 g/mol. The van der Waals surface area contributed by atoms with E-state index in [0.717, 1.165) is 21.2 Å². The molecule has 30 heavy (non-hydrogen) atoms. The fraction of sp³-hybridized carbons (Fsp3) is 0. The molecule has 7 heteroatoms. The van der Waals surface area contributed by atoms with Crippen LogP contribution in [0.3, 0.4) is 0 Å². The Bertz CT molecular complexity index is 1430. The van der Waals surface area contributed by atoms with E-state index in [2.05, 4.69) is 10.1 Å². The van der Waals surface area contributed by atoms with E-state index in [0.29, 0.717) is 16.0 Å². The van der Waals surface area contributed by atoms with Crippen LogP contribution >= 0.6 is 11.3 Å². The maximum atomic E-state index is 13.3. The number of phenolic OH excluding ortho intramolecular Hbond substituents is 1. The molecule has 0 fully saturated rings. The molecule has 0 saturated carbocycles. The van der Waals surface area contributed by atoms with Crippen molar-refractivity contribution in [3.8, 4) is 28.3 Å². The SMILES string of the molecule is O=C(c1ccccc1)c1sc2cc(O)ccc2c1-c1ccc(-c2nc(=O)[nH]o2)cc1. The molecule has 5 rings (SSSR count). The van der Waals surface area contributed by atoms with Crippen LogP contribution in [-0.4, -0.2) is 21.0 Å². The molecule has 0 saturated heterocycles. The summed E-state index contributed by atoms with van der Waals surface area (Å²) in [6.07, 6.45) is 0. The quantitative estimate of drug-likeness (QED) is 0.410. The van der Waals surface area contributed by atoms with Gasteiger partial charge in [-0.3, -0.25) is 4.79 Å². The van der Waals surface area contributed by atoms with Gasteiger partial charge >= 0.3 is 5.69 Å². The summed E-state index contributed by atoms with van der Waals surface area (Å²) >= 11 is 1.35. The molecule has 0 radical (unpaired) electrons. The van der Waals surface area contributed by atoms with Crippen molar-refractivity contribution in [1.29, 1.82) is 0 Å². The number of H-pyrrole nitrogens is 1. The smallest absolute Gasteiger partial charge is 0.377 e.